The van der Waals surface area contributed by atoms with E-state index in [0.29, 0.717) is 23.9 Å². The summed E-state index contributed by atoms with van der Waals surface area (Å²) in [5.41, 5.74) is 6.17. The third-order valence-electron chi connectivity index (χ3n) is 1.89. The van der Waals surface area contributed by atoms with E-state index < -0.39 is 0 Å². The first-order valence-electron chi connectivity index (χ1n) is 4.72. The van der Waals surface area contributed by atoms with Gasteiger partial charge in [-0.05, 0) is 18.2 Å². The summed E-state index contributed by atoms with van der Waals surface area (Å²) in [6.07, 6.45) is 3.17. The average molecular weight is 280 g/mol. The molecule has 0 saturated carbocycles. The number of ether oxygens (including phenoxy) is 1. The number of aromatic nitrogens is 2. The normalized spacial score (nSPS) is 10.1. The molecule has 0 bridgehead atoms. The van der Waals surface area contributed by atoms with E-state index in [0.717, 1.165) is 4.47 Å². The van der Waals surface area contributed by atoms with E-state index in [-0.39, 0.29) is 0 Å². The van der Waals surface area contributed by atoms with Gasteiger partial charge in [-0.2, -0.15) is 0 Å². The van der Waals surface area contributed by atoms with E-state index in [4.69, 9.17) is 10.5 Å². The van der Waals surface area contributed by atoms with Crippen LogP contribution in [-0.4, -0.2) is 9.97 Å². The first-order valence-corrected chi connectivity index (χ1v) is 5.51. The lowest BCUT2D eigenvalue weighted by Gasteiger charge is -2.05. The van der Waals surface area contributed by atoms with Crippen molar-refractivity contribution in [3.63, 3.8) is 0 Å². The van der Waals surface area contributed by atoms with Crippen LogP contribution in [-0.2, 0) is 6.54 Å². The maximum atomic E-state index is 5.54. The van der Waals surface area contributed by atoms with Crippen molar-refractivity contribution < 1.29 is 4.74 Å². The Balaban J connectivity index is 2.20. The van der Waals surface area contributed by atoms with Crippen LogP contribution in [0.2, 0.25) is 0 Å². The quantitative estimate of drug-likeness (QED) is 0.938. The Morgan fingerprint density at radius 3 is 2.94 bits per heavy atom. The average Bonchev–Trinajstić information content (AvgIpc) is 2.29. The number of nitrogens with zero attached hydrogens (tertiary/aromatic N) is 2. The van der Waals surface area contributed by atoms with Gasteiger partial charge in [-0.15, -0.1) is 0 Å². The highest BCUT2D eigenvalue weighted by molar-refractivity contribution is 9.10. The van der Waals surface area contributed by atoms with Crippen molar-refractivity contribution in [3.05, 3.63) is 46.8 Å². The van der Waals surface area contributed by atoms with Crippen molar-refractivity contribution in [1.82, 2.24) is 9.97 Å². The summed E-state index contributed by atoms with van der Waals surface area (Å²) in [5.74, 6) is 1.15. The molecule has 0 spiro atoms. The van der Waals surface area contributed by atoms with Crippen molar-refractivity contribution in [1.29, 1.82) is 0 Å². The van der Waals surface area contributed by atoms with E-state index in [2.05, 4.69) is 25.9 Å². The SMILES string of the molecule is NCc1cncc(Oc2cccc(Br)c2)n1. The van der Waals surface area contributed by atoms with Crippen molar-refractivity contribution in [2.24, 2.45) is 5.73 Å². The van der Waals surface area contributed by atoms with Crippen LogP contribution in [0.15, 0.2) is 41.1 Å². The Morgan fingerprint density at radius 1 is 1.31 bits per heavy atom. The fraction of sp³-hybridized carbons (Fsp3) is 0.0909. The van der Waals surface area contributed by atoms with Gasteiger partial charge in [-0.25, -0.2) is 4.98 Å². The molecule has 16 heavy (non-hydrogen) atoms. The maximum Gasteiger partial charge on any atom is 0.238 e. The highest BCUT2D eigenvalue weighted by Gasteiger charge is 2.00. The second-order valence-corrected chi connectivity index (χ2v) is 4.03. The fourth-order valence-electron chi connectivity index (χ4n) is 1.19. The minimum atomic E-state index is 0.350. The predicted octanol–water partition coefficient (Wildman–Crippen LogP) is 2.49. The first-order chi connectivity index (χ1) is 7.78. The molecule has 5 heteroatoms. The number of hydrogen-bond donors (Lipinski definition) is 1. The Bertz CT molecular complexity index is 490. The second-order valence-electron chi connectivity index (χ2n) is 3.11. The second kappa shape index (κ2) is 5.05. The van der Waals surface area contributed by atoms with Crippen molar-refractivity contribution in [2.45, 2.75) is 6.54 Å². The molecule has 1 aromatic heterocycles. The predicted molar refractivity (Wildman–Crippen MR) is 64.1 cm³/mol. The number of benzene rings is 1. The first kappa shape index (κ1) is 11.0. The summed E-state index contributed by atoms with van der Waals surface area (Å²) >= 11 is 3.37. The molecular weight excluding hydrogens is 270 g/mol. The summed E-state index contributed by atoms with van der Waals surface area (Å²) in [5, 5.41) is 0. The molecule has 0 saturated heterocycles. The van der Waals surface area contributed by atoms with E-state index in [1.165, 1.54) is 0 Å². The summed E-state index contributed by atoms with van der Waals surface area (Å²) < 4.78 is 6.49. The van der Waals surface area contributed by atoms with E-state index in [1.807, 2.05) is 24.3 Å². The lowest BCUT2D eigenvalue weighted by molar-refractivity contribution is 0.457. The monoisotopic (exact) mass is 279 g/mol. The van der Waals surface area contributed by atoms with Crippen LogP contribution in [0.4, 0.5) is 0 Å². The standard InChI is InChI=1S/C11H10BrN3O/c12-8-2-1-3-10(4-8)16-11-7-14-6-9(5-13)15-11/h1-4,6-7H,5,13H2. The van der Waals surface area contributed by atoms with Crippen LogP contribution in [0.3, 0.4) is 0 Å². The smallest absolute Gasteiger partial charge is 0.238 e. The minimum Gasteiger partial charge on any atom is -0.437 e. The number of hydrogen-bond acceptors (Lipinski definition) is 4. The number of rotatable bonds is 3. The third kappa shape index (κ3) is 2.77. The Morgan fingerprint density at radius 2 is 2.19 bits per heavy atom. The zero-order valence-electron chi connectivity index (χ0n) is 8.43. The van der Waals surface area contributed by atoms with Crippen molar-refractivity contribution in [3.8, 4) is 11.6 Å². The van der Waals surface area contributed by atoms with Gasteiger partial charge in [0.25, 0.3) is 0 Å². The van der Waals surface area contributed by atoms with E-state index in [9.17, 15) is 0 Å². The Kier molecular flexibility index (Phi) is 3.48. The lowest BCUT2D eigenvalue weighted by atomic mass is 10.3. The molecule has 2 N–H and O–H groups in total. The molecule has 0 atom stereocenters. The Labute approximate surface area is 102 Å². The fourth-order valence-corrected chi connectivity index (χ4v) is 1.56. The summed E-state index contributed by atoms with van der Waals surface area (Å²) in [4.78, 5) is 8.19. The number of halogens is 1. The highest BCUT2D eigenvalue weighted by atomic mass is 79.9. The van der Waals surface area contributed by atoms with Gasteiger partial charge in [0.1, 0.15) is 5.75 Å². The molecule has 0 fully saturated rings. The van der Waals surface area contributed by atoms with Crippen LogP contribution in [0.5, 0.6) is 11.6 Å². The molecule has 2 aromatic rings. The van der Waals surface area contributed by atoms with Crippen molar-refractivity contribution in [2.75, 3.05) is 0 Å². The van der Waals surface area contributed by atoms with Crippen LogP contribution >= 0.6 is 15.9 Å². The number of nitrogens with two attached hydrogens (primary N) is 1. The molecule has 0 aliphatic heterocycles. The van der Waals surface area contributed by atoms with Crippen LogP contribution in [0.25, 0.3) is 0 Å². The molecule has 4 nitrogen and oxygen atoms in total. The molecule has 0 unspecified atom stereocenters. The third-order valence-corrected chi connectivity index (χ3v) is 2.38. The van der Waals surface area contributed by atoms with Gasteiger partial charge in [0.15, 0.2) is 0 Å². The highest BCUT2D eigenvalue weighted by Crippen LogP contribution is 2.22. The molecule has 0 aliphatic carbocycles. The zero-order chi connectivity index (χ0) is 11.4. The van der Waals surface area contributed by atoms with Gasteiger partial charge in [-0.1, -0.05) is 22.0 Å². The van der Waals surface area contributed by atoms with Gasteiger partial charge in [0.05, 0.1) is 11.9 Å². The van der Waals surface area contributed by atoms with Crippen LogP contribution < -0.4 is 10.5 Å². The van der Waals surface area contributed by atoms with E-state index >= 15 is 0 Å². The summed E-state index contributed by atoms with van der Waals surface area (Å²) in [7, 11) is 0. The summed E-state index contributed by atoms with van der Waals surface area (Å²) in [6, 6.07) is 7.52. The largest absolute Gasteiger partial charge is 0.437 e. The van der Waals surface area contributed by atoms with Gasteiger partial charge < -0.3 is 10.5 Å². The molecule has 82 valence electrons. The van der Waals surface area contributed by atoms with Gasteiger partial charge in [-0.3, -0.25) is 4.98 Å². The van der Waals surface area contributed by atoms with Crippen molar-refractivity contribution >= 4 is 15.9 Å². The van der Waals surface area contributed by atoms with Crippen LogP contribution in [0, 0.1) is 0 Å². The maximum absolute atomic E-state index is 5.54. The van der Waals surface area contributed by atoms with Gasteiger partial charge in [0.2, 0.25) is 5.88 Å². The molecule has 1 aromatic carbocycles. The molecule has 0 radical (unpaired) electrons. The van der Waals surface area contributed by atoms with Gasteiger partial charge in [0, 0.05) is 17.2 Å². The summed E-state index contributed by atoms with van der Waals surface area (Å²) in [6.45, 7) is 0.350. The molecule has 0 amide bonds. The lowest BCUT2D eigenvalue weighted by Crippen LogP contribution is -2.01. The topological polar surface area (TPSA) is 61.0 Å². The molecule has 2 rings (SSSR count). The zero-order valence-corrected chi connectivity index (χ0v) is 10.0. The molecular formula is C11H10BrN3O. The molecule has 0 aliphatic rings. The van der Waals surface area contributed by atoms with Gasteiger partial charge >= 0.3 is 0 Å². The van der Waals surface area contributed by atoms with E-state index in [1.54, 1.807) is 12.4 Å². The minimum absolute atomic E-state index is 0.350. The Hall–Kier alpha value is -1.46. The van der Waals surface area contributed by atoms with Crippen LogP contribution in [0.1, 0.15) is 5.69 Å². The molecule has 1 heterocycles.